The molecule has 2 aromatic carbocycles. The molecule has 30 heavy (non-hydrogen) atoms. The second kappa shape index (κ2) is 8.49. The van der Waals surface area contributed by atoms with Gasteiger partial charge in [0.15, 0.2) is 0 Å². The van der Waals surface area contributed by atoms with Crippen molar-refractivity contribution in [2.75, 3.05) is 0 Å². The average molecular weight is 406 g/mol. The molecule has 0 saturated heterocycles. The van der Waals surface area contributed by atoms with Gasteiger partial charge in [-0.2, -0.15) is 9.78 Å². The lowest BCUT2D eigenvalue weighted by Crippen LogP contribution is -2.46. The van der Waals surface area contributed by atoms with Crippen LogP contribution in [0.2, 0.25) is 0 Å². The lowest BCUT2D eigenvalue weighted by atomic mass is 10.1. The van der Waals surface area contributed by atoms with E-state index in [-0.39, 0.29) is 18.3 Å². The summed E-state index contributed by atoms with van der Waals surface area (Å²) in [7, 11) is 0. The summed E-state index contributed by atoms with van der Waals surface area (Å²) in [4.78, 5) is 38.8. The molecule has 3 rings (SSSR count). The Hall–Kier alpha value is -3.48. The summed E-state index contributed by atoms with van der Waals surface area (Å²) in [6.45, 7) is 9.49. The second-order valence-corrected chi connectivity index (χ2v) is 7.82. The highest BCUT2D eigenvalue weighted by Crippen LogP contribution is 2.12. The van der Waals surface area contributed by atoms with E-state index in [1.165, 1.54) is 0 Å². The number of aromatic nitrogens is 3. The van der Waals surface area contributed by atoms with Crippen LogP contribution in [-0.2, 0) is 6.54 Å². The smallest absolute Gasteiger partial charge is 0.348 e. The van der Waals surface area contributed by atoms with E-state index in [2.05, 4.69) is 10.4 Å². The highest BCUT2D eigenvalue weighted by molar-refractivity contribution is 5.91. The Bertz CT molecular complexity index is 1200. The molecule has 0 aliphatic carbocycles. The molecule has 1 heterocycles. The van der Waals surface area contributed by atoms with Gasteiger partial charge in [-0.15, -0.1) is 0 Å². The van der Waals surface area contributed by atoms with E-state index in [1.807, 2.05) is 57.2 Å². The van der Waals surface area contributed by atoms with E-state index in [9.17, 15) is 14.4 Å². The molecule has 0 bridgehead atoms. The van der Waals surface area contributed by atoms with Crippen LogP contribution in [0.5, 0.6) is 0 Å². The number of aryl methyl sites for hydroxylation is 3. The molecule has 0 fully saturated rings. The van der Waals surface area contributed by atoms with Crippen molar-refractivity contribution >= 4 is 5.91 Å². The molecule has 1 aromatic heterocycles. The maximum atomic E-state index is 13.2. The molecule has 7 heteroatoms. The first-order valence-corrected chi connectivity index (χ1v) is 9.85. The summed E-state index contributed by atoms with van der Waals surface area (Å²) in [6.07, 6.45) is 0. The van der Waals surface area contributed by atoms with Crippen LogP contribution in [0.4, 0.5) is 0 Å². The van der Waals surface area contributed by atoms with Gasteiger partial charge in [0.1, 0.15) is 0 Å². The Morgan fingerprint density at radius 2 is 1.67 bits per heavy atom. The predicted octanol–water partition coefficient (Wildman–Crippen LogP) is 2.51. The van der Waals surface area contributed by atoms with Gasteiger partial charge in [0.2, 0.25) is 5.69 Å². The molecule has 0 radical (unpaired) electrons. The molecular weight excluding hydrogens is 380 g/mol. The molecule has 0 aliphatic rings. The van der Waals surface area contributed by atoms with Crippen molar-refractivity contribution < 1.29 is 4.79 Å². The van der Waals surface area contributed by atoms with Gasteiger partial charge in [-0.25, -0.2) is 4.79 Å². The fraction of sp³-hybridized carbons (Fsp3) is 0.304. The van der Waals surface area contributed by atoms with Crippen molar-refractivity contribution in [3.05, 3.63) is 91.3 Å². The molecule has 0 saturated carbocycles. The average Bonchev–Trinajstić information content (AvgIpc) is 2.68. The van der Waals surface area contributed by atoms with Crippen LogP contribution in [0.15, 0.2) is 52.1 Å². The second-order valence-electron chi connectivity index (χ2n) is 7.82. The number of rotatable bonds is 5. The number of amides is 1. The SMILES string of the molecule is Cc1ccc(Cn2c(=O)c(C(=O)NC(C)C)nn(-c3ccc(C)c(C)c3)c2=O)cc1. The quantitative estimate of drug-likeness (QED) is 0.705. The number of carbonyl (C=O) groups is 1. The van der Waals surface area contributed by atoms with E-state index >= 15 is 0 Å². The largest absolute Gasteiger partial charge is 0.352 e. The van der Waals surface area contributed by atoms with E-state index in [1.54, 1.807) is 19.9 Å². The van der Waals surface area contributed by atoms with E-state index in [0.717, 1.165) is 31.5 Å². The summed E-state index contributed by atoms with van der Waals surface area (Å²) < 4.78 is 2.18. The van der Waals surface area contributed by atoms with Crippen LogP contribution in [0.3, 0.4) is 0 Å². The van der Waals surface area contributed by atoms with Crippen LogP contribution >= 0.6 is 0 Å². The van der Waals surface area contributed by atoms with Crippen LogP contribution in [0, 0.1) is 20.8 Å². The first kappa shape index (κ1) is 21.2. The Balaban J connectivity index is 2.22. The third-order valence-electron chi connectivity index (χ3n) is 4.89. The van der Waals surface area contributed by atoms with Crippen LogP contribution in [-0.4, -0.2) is 26.3 Å². The number of nitrogens with zero attached hydrogens (tertiary/aromatic N) is 3. The van der Waals surface area contributed by atoms with E-state index < -0.39 is 17.2 Å². The highest BCUT2D eigenvalue weighted by atomic mass is 16.2. The number of hydrogen-bond donors (Lipinski definition) is 1. The van der Waals surface area contributed by atoms with Crippen molar-refractivity contribution in [1.82, 2.24) is 19.7 Å². The van der Waals surface area contributed by atoms with E-state index in [4.69, 9.17) is 0 Å². The first-order chi connectivity index (χ1) is 14.2. The van der Waals surface area contributed by atoms with Crippen LogP contribution in [0.1, 0.15) is 46.6 Å². The van der Waals surface area contributed by atoms with Gasteiger partial charge in [-0.05, 0) is 63.4 Å². The van der Waals surface area contributed by atoms with Crippen molar-refractivity contribution in [2.24, 2.45) is 0 Å². The lowest BCUT2D eigenvalue weighted by Gasteiger charge is -2.14. The molecule has 0 atom stereocenters. The number of nitrogens with one attached hydrogen (secondary N) is 1. The standard InChI is InChI=1S/C23H26N4O3/c1-14(2)24-21(28)20-22(29)26(13-18-9-6-15(3)7-10-18)23(30)27(25-20)19-11-8-16(4)17(5)12-19/h6-12,14H,13H2,1-5H3,(H,24,28). The Kier molecular flexibility index (Phi) is 6.01. The molecule has 0 aliphatic heterocycles. The van der Waals surface area contributed by atoms with Gasteiger partial charge in [-0.3, -0.25) is 14.2 Å². The highest BCUT2D eigenvalue weighted by Gasteiger charge is 2.21. The molecule has 0 spiro atoms. The van der Waals surface area contributed by atoms with Gasteiger partial charge < -0.3 is 5.32 Å². The first-order valence-electron chi connectivity index (χ1n) is 9.85. The summed E-state index contributed by atoms with van der Waals surface area (Å²) in [6, 6.07) is 12.8. The molecule has 1 amide bonds. The van der Waals surface area contributed by atoms with Gasteiger partial charge in [0, 0.05) is 6.04 Å². The fourth-order valence-corrected chi connectivity index (χ4v) is 3.03. The van der Waals surface area contributed by atoms with Gasteiger partial charge >= 0.3 is 5.69 Å². The minimum atomic E-state index is -0.709. The Morgan fingerprint density at radius 1 is 1.00 bits per heavy atom. The molecular formula is C23H26N4O3. The molecule has 0 unspecified atom stereocenters. The number of carbonyl (C=O) groups excluding carboxylic acids is 1. The van der Waals surface area contributed by atoms with Gasteiger partial charge in [0.05, 0.1) is 12.2 Å². The summed E-state index contributed by atoms with van der Waals surface area (Å²) in [5, 5.41) is 6.83. The Labute approximate surface area is 175 Å². The van der Waals surface area contributed by atoms with Crippen molar-refractivity contribution in [3.8, 4) is 5.69 Å². The number of benzene rings is 2. The van der Waals surface area contributed by atoms with Crippen molar-refractivity contribution in [2.45, 2.75) is 47.2 Å². The minimum Gasteiger partial charge on any atom is -0.348 e. The van der Waals surface area contributed by atoms with Crippen molar-refractivity contribution in [1.29, 1.82) is 0 Å². The zero-order valence-electron chi connectivity index (χ0n) is 17.9. The van der Waals surface area contributed by atoms with Crippen LogP contribution < -0.4 is 16.6 Å². The van der Waals surface area contributed by atoms with Gasteiger partial charge in [0.25, 0.3) is 11.5 Å². The zero-order valence-corrected chi connectivity index (χ0v) is 17.9. The summed E-state index contributed by atoms with van der Waals surface area (Å²) >= 11 is 0. The maximum absolute atomic E-state index is 13.2. The zero-order chi connectivity index (χ0) is 22.0. The minimum absolute atomic E-state index is 0.0489. The topological polar surface area (TPSA) is 86.0 Å². The molecule has 156 valence electrons. The summed E-state index contributed by atoms with van der Waals surface area (Å²) in [5.74, 6) is -0.606. The summed E-state index contributed by atoms with van der Waals surface area (Å²) in [5.41, 5.74) is 2.79. The predicted molar refractivity (Wildman–Crippen MR) is 116 cm³/mol. The number of hydrogen-bond acceptors (Lipinski definition) is 4. The maximum Gasteiger partial charge on any atom is 0.352 e. The fourth-order valence-electron chi connectivity index (χ4n) is 3.03. The lowest BCUT2D eigenvalue weighted by molar-refractivity contribution is 0.0933. The third-order valence-corrected chi connectivity index (χ3v) is 4.89. The molecule has 7 nitrogen and oxygen atoms in total. The molecule has 1 N–H and O–H groups in total. The molecule has 3 aromatic rings. The monoisotopic (exact) mass is 406 g/mol. The normalized spacial score (nSPS) is 11.0. The van der Waals surface area contributed by atoms with E-state index in [0.29, 0.717) is 5.69 Å². The Morgan fingerprint density at radius 3 is 2.27 bits per heavy atom. The third kappa shape index (κ3) is 4.40. The van der Waals surface area contributed by atoms with Crippen molar-refractivity contribution in [3.63, 3.8) is 0 Å². The van der Waals surface area contributed by atoms with Gasteiger partial charge in [-0.1, -0.05) is 35.9 Å². The van der Waals surface area contributed by atoms with Crippen LogP contribution in [0.25, 0.3) is 5.69 Å².